The van der Waals surface area contributed by atoms with Crippen LogP contribution < -0.4 is 14.8 Å². The summed E-state index contributed by atoms with van der Waals surface area (Å²) in [6.45, 7) is 5.39. The number of nitrogens with zero attached hydrogens (tertiary/aromatic N) is 2. The van der Waals surface area contributed by atoms with Crippen LogP contribution in [0.15, 0.2) is 54.6 Å². The second-order valence-electron chi connectivity index (χ2n) is 6.75. The molecule has 2 aromatic carbocycles. The van der Waals surface area contributed by atoms with E-state index in [0.29, 0.717) is 18.0 Å². The first-order valence-corrected chi connectivity index (χ1v) is 9.90. The highest BCUT2D eigenvalue weighted by Crippen LogP contribution is 2.33. The van der Waals surface area contributed by atoms with Crippen molar-refractivity contribution in [3.8, 4) is 22.9 Å². The van der Waals surface area contributed by atoms with E-state index in [4.69, 9.17) is 9.47 Å². The number of benzene rings is 2. The summed E-state index contributed by atoms with van der Waals surface area (Å²) in [6.07, 6.45) is 0. The SMILES string of the molecule is CCOc1ccc(C(=O)Nc2cc(-c3cc4c(OC)cccc4n3CC)[nH]n2)cc1. The standard InChI is InChI=1S/C23H24N4O3/c1-4-27-19-7-6-8-21(29-3)17(19)13-20(27)18-14-22(26-25-18)24-23(28)15-9-11-16(12-10-15)30-5-2/h6-14H,4-5H2,1-3H3,(H2,24,25,26,28). The Balaban J connectivity index is 1.59. The number of rotatable bonds is 7. The number of aromatic amines is 1. The second kappa shape index (κ2) is 8.32. The Kier molecular flexibility index (Phi) is 5.43. The maximum absolute atomic E-state index is 12.5. The lowest BCUT2D eigenvalue weighted by atomic mass is 10.2. The summed E-state index contributed by atoms with van der Waals surface area (Å²) < 4.78 is 13.1. The molecule has 4 aromatic rings. The van der Waals surface area contributed by atoms with Crippen molar-refractivity contribution in [1.82, 2.24) is 14.8 Å². The van der Waals surface area contributed by atoms with Crippen molar-refractivity contribution < 1.29 is 14.3 Å². The fourth-order valence-electron chi connectivity index (χ4n) is 3.57. The molecular weight excluding hydrogens is 380 g/mol. The van der Waals surface area contributed by atoms with Crippen LogP contribution in [0.3, 0.4) is 0 Å². The van der Waals surface area contributed by atoms with Crippen LogP contribution in [0.4, 0.5) is 5.82 Å². The van der Waals surface area contributed by atoms with E-state index in [2.05, 4.69) is 39.1 Å². The van der Waals surface area contributed by atoms with E-state index in [0.717, 1.165) is 40.3 Å². The van der Waals surface area contributed by atoms with Crippen LogP contribution in [-0.2, 0) is 6.54 Å². The smallest absolute Gasteiger partial charge is 0.256 e. The zero-order valence-electron chi connectivity index (χ0n) is 17.2. The van der Waals surface area contributed by atoms with Gasteiger partial charge in [0.25, 0.3) is 5.91 Å². The number of nitrogens with one attached hydrogen (secondary N) is 2. The van der Waals surface area contributed by atoms with Gasteiger partial charge in [0.2, 0.25) is 0 Å². The van der Waals surface area contributed by atoms with Gasteiger partial charge in [0.05, 0.1) is 30.6 Å². The fourth-order valence-corrected chi connectivity index (χ4v) is 3.57. The normalized spacial score (nSPS) is 10.9. The number of aryl methyl sites for hydroxylation is 1. The Bertz CT molecular complexity index is 1180. The number of H-pyrrole nitrogens is 1. The molecule has 0 radical (unpaired) electrons. The van der Waals surface area contributed by atoms with E-state index in [1.165, 1.54) is 0 Å². The number of amides is 1. The highest BCUT2D eigenvalue weighted by atomic mass is 16.5. The summed E-state index contributed by atoms with van der Waals surface area (Å²) in [5, 5.41) is 11.2. The molecule has 154 valence electrons. The van der Waals surface area contributed by atoms with Crippen LogP contribution in [0, 0.1) is 0 Å². The number of carbonyl (C=O) groups excluding carboxylic acids is 1. The molecule has 0 fully saturated rings. The van der Waals surface area contributed by atoms with E-state index in [1.54, 1.807) is 31.4 Å². The Morgan fingerprint density at radius 3 is 2.63 bits per heavy atom. The molecule has 0 atom stereocenters. The van der Waals surface area contributed by atoms with Gasteiger partial charge in [-0.25, -0.2) is 0 Å². The Hall–Kier alpha value is -3.74. The van der Waals surface area contributed by atoms with Crippen LogP contribution in [0.2, 0.25) is 0 Å². The van der Waals surface area contributed by atoms with E-state index >= 15 is 0 Å². The Morgan fingerprint density at radius 1 is 1.13 bits per heavy atom. The minimum Gasteiger partial charge on any atom is -0.496 e. The number of hydrogen-bond donors (Lipinski definition) is 2. The third kappa shape index (κ3) is 3.61. The molecule has 0 aliphatic heterocycles. The molecule has 0 saturated heterocycles. The Morgan fingerprint density at radius 2 is 1.93 bits per heavy atom. The molecule has 0 unspecified atom stereocenters. The molecule has 2 aromatic heterocycles. The van der Waals surface area contributed by atoms with Crippen molar-refractivity contribution >= 4 is 22.6 Å². The molecule has 1 amide bonds. The third-order valence-electron chi connectivity index (χ3n) is 4.96. The highest BCUT2D eigenvalue weighted by molar-refractivity contribution is 6.04. The van der Waals surface area contributed by atoms with Gasteiger partial charge < -0.3 is 19.4 Å². The van der Waals surface area contributed by atoms with Gasteiger partial charge in [-0.05, 0) is 56.3 Å². The predicted molar refractivity (Wildman–Crippen MR) is 117 cm³/mol. The zero-order chi connectivity index (χ0) is 21.1. The highest BCUT2D eigenvalue weighted by Gasteiger charge is 2.16. The summed E-state index contributed by atoms with van der Waals surface area (Å²) >= 11 is 0. The molecule has 0 saturated carbocycles. The molecule has 30 heavy (non-hydrogen) atoms. The number of carbonyl (C=O) groups is 1. The van der Waals surface area contributed by atoms with Crippen molar-refractivity contribution in [3.05, 3.63) is 60.2 Å². The van der Waals surface area contributed by atoms with E-state index < -0.39 is 0 Å². The molecule has 7 heteroatoms. The quantitative estimate of drug-likeness (QED) is 0.467. The van der Waals surface area contributed by atoms with Crippen molar-refractivity contribution in [2.75, 3.05) is 19.0 Å². The van der Waals surface area contributed by atoms with Gasteiger partial charge in [-0.15, -0.1) is 0 Å². The number of methoxy groups -OCH3 is 1. The van der Waals surface area contributed by atoms with Crippen molar-refractivity contribution in [2.24, 2.45) is 0 Å². The average molecular weight is 404 g/mol. The van der Waals surface area contributed by atoms with Crippen LogP contribution in [0.25, 0.3) is 22.3 Å². The number of anilines is 1. The zero-order valence-corrected chi connectivity index (χ0v) is 17.2. The average Bonchev–Trinajstić information content (AvgIpc) is 3.38. The molecule has 4 rings (SSSR count). The third-order valence-corrected chi connectivity index (χ3v) is 4.96. The number of hydrogen-bond acceptors (Lipinski definition) is 4. The molecular formula is C23H24N4O3. The first-order valence-electron chi connectivity index (χ1n) is 9.90. The fraction of sp³-hybridized carbons (Fsp3) is 0.217. The predicted octanol–water partition coefficient (Wildman–Crippen LogP) is 4.71. The summed E-state index contributed by atoms with van der Waals surface area (Å²) in [6, 6.07) is 16.9. The minimum absolute atomic E-state index is 0.228. The van der Waals surface area contributed by atoms with Crippen LogP contribution >= 0.6 is 0 Å². The lowest BCUT2D eigenvalue weighted by Crippen LogP contribution is -2.12. The van der Waals surface area contributed by atoms with E-state index in [1.807, 2.05) is 25.1 Å². The summed E-state index contributed by atoms with van der Waals surface area (Å²) in [7, 11) is 1.67. The molecule has 0 bridgehead atoms. The monoisotopic (exact) mass is 404 g/mol. The van der Waals surface area contributed by atoms with Gasteiger partial charge in [-0.2, -0.15) is 5.10 Å². The molecule has 0 aliphatic carbocycles. The lowest BCUT2D eigenvalue weighted by Gasteiger charge is -2.06. The maximum atomic E-state index is 12.5. The van der Waals surface area contributed by atoms with Gasteiger partial charge in [-0.3, -0.25) is 9.89 Å². The lowest BCUT2D eigenvalue weighted by molar-refractivity contribution is 0.102. The van der Waals surface area contributed by atoms with Crippen molar-refractivity contribution in [1.29, 1.82) is 0 Å². The topological polar surface area (TPSA) is 81.2 Å². The first-order chi connectivity index (χ1) is 14.6. The second-order valence-corrected chi connectivity index (χ2v) is 6.75. The van der Waals surface area contributed by atoms with Crippen molar-refractivity contribution in [2.45, 2.75) is 20.4 Å². The van der Waals surface area contributed by atoms with Crippen LogP contribution in [0.5, 0.6) is 11.5 Å². The van der Waals surface area contributed by atoms with Crippen molar-refractivity contribution in [3.63, 3.8) is 0 Å². The van der Waals surface area contributed by atoms with Crippen LogP contribution in [0.1, 0.15) is 24.2 Å². The largest absolute Gasteiger partial charge is 0.496 e. The van der Waals surface area contributed by atoms with Gasteiger partial charge in [0.15, 0.2) is 5.82 Å². The molecule has 0 spiro atoms. The van der Waals surface area contributed by atoms with E-state index in [9.17, 15) is 4.79 Å². The first kappa shape index (κ1) is 19.6. The summed E-state index contributed by atoms with van der Waals surface area (Å²) in [5.41, 5.74) is 3.42. The Labute approximate surface area is 174 Å². The molecule has 2 heterocycles. The molecule has 2 N–H and O–H groups in total. The number of ether oxygens (including phenoxy) is 2. The van der Waals surface area contributed by atoms with Gasteiger partial charge in [-0.1, -0.05) is 6.07 Å². The van der Waals surface area contributed by atoms with E-state index in [-0.39, 0.29) is 5.91 Å². The number of fused-ring (bicyclic) bond motifs is 1. The van der Waals surface area contributed by atoms with Gasteiger partial charge >= 0.3 is 0 Å². The summed E-state index contributed by atoms with van der Waals surface area (Å²) in [5.74, 6) is 1.79. The summed E-state index contributed by atoms with van der Waals surface area (Å²) in [4.78, 5) is 12.5. The molecule has 7 nitrogen and oxygen atoms in total. The van der Waals surface area contributed by atoms with Gasteiger partial charge in [0, 0.05) is 23.6 Å². The number of aromatic nitrogens is 3. The van der Waals surface area contributed by atoms with Gasteiger partial charge in [0.1, 0.15) is 11.5 Å². The molecule has 0 aliphatic rings. The maximum Gasteiger partial charge on any atom is 0.256 e. The minimum atomic E-state index is -0.228. The van der Waals surface area contributed by atoms with Crippen LogP contribution in [-0.4, -0.2) is 34.4 Å².